The lowest BCUT2D eigenvalue weighted by molar-refractivity contribution is -0.389. The number of amides is 1. The molecule has 1 rings (SSSR count). The fraction of sp³-hybridized carbons (Fsp3) is 0.545. The molecule has 0 spiro atoms. The van der Waals surface area contributed by atoms with Crippen LogP contribution in [0.4, 0.5) is 5.82 Å². The number of carbonyl (C=O) groups excluding carboxylic acids is 1. The minimum atomic E-state index is -0.569. The average molecular weight is 254 g/mol. The van der Waals surface area contributed by atoms with E-state index in [2.05, 4.69) is 4.98 Å². The third-order valence-corrected chi connectivity index (χ3v) is 2.66. The van der Waals surface area contributed by atoms with Crippen molar-refractivity contribution in [2.45, 2.75) is 13.8 Å². The first-order chi connectivity index (χ1) is 8.26. The van der Waals surface area contributed by atoms with Crippen LogP contribution in [0.3, 0.4) is 0 Å². The van der Waals surface area contributed by atoms with Crippen LogP contribution < -0.4 is 5.73 Å². The number of nitro groups is 1. The van der Waals surface area contributed by atoms with Crippen LogP contribution in [-0.2, 0) is 0 Å². The van der Waals surface area contributed by atoms with E-state index >= 15 is 0 Å². The Morgan fingerprint density at radius 2 is 2.17 bits per heavy atom. The van der Waals surface area contributed by atoms with Gasteiger partial charge in [-0.1, -0.05) is 13.8 Å². The molecule has 1 aromatic rings. The Morgan fingerprint density at radius 3 is 2.61 bits per heavy atom. The molecule has 0 aliphatic heterocycles. The fourth-order valence-electron chi connectivity index (χ4n) is 1.60. The van der Waals surface area contributed by atoms with Gasteiger partial charge in [0.15, 0.2) is 5.69 Å². The number of H-pyrrole nitrogens is 1. The van der Waals surface area contributed by atoms with E-state index in [1.807, 2.05) is 13.8 Å². The lowest BCUT2D eigenvalue weighted by atomic mass is 9.93. The van der Waals surface area contributed by atoms with Crippen molar-refractivity contribution in [3.05, 3.63) is 27.9 Å². The quantitative estimate of drug-likeness (QED) is 0.603. The van der Waals surface area contributed by atoms with E-state index in [1.54, 1.807) is 7.05 Å². The molecule has 0 radical (unpaired) electrons. The number of rotatable bonds is 5. The third kappa shape index (κ3) is 3.30. The maximum Gasteiger partial charge on any atom is 0.321 e. The molecule has 0 bridgehead atoms. The highest BCUT2D eigenvalue weighted by atomic mass is 16.6. The van der Waals surface area contributed by atoms with Crippen molar-refractivity contribution >= 4 is 11.7 Å². The Kier molecular flexibility index (Phi) is 4.07. The summed E-state index contributed by atoms with van der Waals surface area (Å²) in [6.45, 7) is 4.84. The molecule has 0 aliphatic carbocycles. The Hall–Kier alpha value is -1.89. The third-order valence-electron chi connectivity index (χ3n) is 2.66. The first kappa shape index (κ1) is 14.2. The molecular weight excluding hydrogens is 236 g/mol. The Morgan fingerprint density at radius 1 is 1.56 bits per heavy atom. The zero-order chi connectivity index (χ0) is 13.9. The number of hydrogen-bond acceptors (Lipinski definition) is 4. The van der Waals surface area contributed by atoms with E-state index in [1.165, 1.54) is 17.0 Å². The number of carbonyl (C=O) groups is 1. The van der Waals surface area contributed by atoms with Crippen molar-refractivity contribution in [1.82, 2.24) is 9.88 Å². The molecule has 7 nitrogen and oxygen atoms in total. The largest absolute Gasteiger partial charge is 0.358 e. The molecule has 0 unspecified atom stereocenters. The standard InChI is InChI=1S/C11H18N4O3/c1-11(2,6-12)7-14(3)10(16)8-4-5-9(13-8)15(17)18/h4-5,13H,6-7,12H2,1-3H3. The molecule has 0 aliphatic rings. The highest BCUT2D eigenvalue weighted by Gasteiger charge is 2.24. The molecule has 100 valence electrons. The molecule has 0 atom stereocenters. The van der Waals surface area contributed by atoms with Gasteiger partial charge in [-0.25, -0.2) is 4.98 Å². The molecular formula is C11H18N4O3. The maximum absolute atomic E-state index is 12.0. The lowest BCUT2D eigenvalue weighted by Gasteiger charge is -2.28. The molecule has 0 saturated carbocycles. The van der Waals surface area contributed by atoms with E-state index < -0.39 is 4.92 Å². The zero-order valence-electron chi connectivity index (χ0n) is 10.8. The van der Waals surface area contributed by atoms with Crippen molar-refractivity contribution < 1.29 is 9.72 Å². The minimum absolute atomic E-state index is 0.190. The van der Waals surface area contributed by atoms with Gasteiger partial charge in [0.2, 0.25) is 0 Å². The fourth-order valence-corrected chi connectivity index (χ4v) is 1.60. The van der Waals surface area contributed by atoms with E-state index in [-0.39, 0.29) is 22.8 Å². The number of aromatic nitrogens is 1. The summed E-state index contributed by atoms with van der Waals surface area (Å²) in [5, 5.41) is 10.5. The molecule has 7 heteroatoms. The van der Waals surface area contributed by atoms with Crippen LogP contribution in [-0.4, -0.2) is 40.9 Å². The van der Waals surface area contributed by atoms with Crippen LogP contribution in [0.25, 0.3) is 0 Å². The van der Waals surface area contributed by atoms with Crippen LogP contribution in [0.1, 0.15) is 24.3 Å². The molecule has 0 fully saturated rings. The second kappa shape index (κ2) is 5.18. The average Bonchev–Trinajstić information content (AvgIpc) is 2.76. The van der Waals surface area contributed by atoms with Crippen molar-refractivity contribution in [3.63, 3.8) is 0 Å². The highest BCUT2D eigenvalue weighted by molar-refractivity contribution is 5.92. The van der Waals surface area contributed by atoms with E-state index in [0.29, 0.717) is 13.1 Å². The Bertz CT molecular complexity index is 453. The zero-order valence-corrected chi connectivity index (χ0v) is 10.8. The normalized spacial score (nSPS) is 11.3. The van der Waals surface area contributed by atoms with Crippen LogP contribution in [0.5, 0.6) is 0 Å². The second-order valence-corrected chi connectivity index (χ2v) is 5.04. The Balaban J connectivity index is 2.77. The van der Waals surface area contributed by atoms with Crippen LogP contribution >= 0.6 is 0 Å². The topological polar surface area (TPSA) is 105 Å². The SMILES string of the molecule is CN(CC(C)(C)CN)C(=O)c1ccc([N+](=O)[O-])[nH]1. The molecule has 1 aromatic heterocycles. The van der Waals surface area contributed by atoms with Gasteiger partial charge in [-0.15, -0.1) is 0 Å². The number of nitrogens with two attached hydrogens (primary N) is 1. The van der Waals surface area contributed by atoms with Crippen LogP contribution in [0.2, 0.25) is 0 Å². The van der Waals surface area contributed by atoms with Gasteiger partial charge < -0.3 is 20.7 Å². The summed E-state index contributed by atoms with van der Waals surface area (Å²) in [6, 6.07) is 2.68. The number of nitrogens with zero attached hydrogens (tertiary/aromatic N) is 2. The monoisotopic (exact) mass is 254 g/mol. The van der Waals surface area contributed by atoms with Crippen LogP contribution in [0.15, 0.2) is 12.1 Å². The van der Waals surface area contributed by atoms with Crippen molar-refractivity contribution in [1.29, 1.82) is 0 Å². The van der Waals surface area contributed by atoms with Gasteiger partial charge in [-0.3, -0.25) is 4.79 Å². The van der Waals surface area contributed by atoms with E-state index in [0.717, 1.165) is 0 Å². The van der Waals surface area contributed by atoms with Gasteiger partial charge in [0.1, 0.15) is 0 Å². The van der Waals surface area contributed by atoms with Gasteiger partial charge in [0.05, 0.1) is 0 Å². The smallest absolute Gasteiger partial charge is 0.321 e. The summed E-state index contributed by atoms with van der Waals surface area (Å²) >= 11 is 0. The molecule has 1 amide bonds. The predicted molar refractivity (Wildman–Crippen MR) is 67.2 cm³/mol. The summed E-state index contributed by atoms with van der Waals surface area (Å²) in [6.07, 6.45) is 0. The second-order valence-electron chi connectivity index (χ2n) is 5.04. The maximum atomic E-state index is 12.0. The first-order valence-corrected chi connectivity index (χ1v) is 5.56. The summed E-state index contributed by atoms with van der Waals surface area (Å²) in [7, 11) is 1.65. The van der Waals surface area contributed by atoms with E-state index in [9.17, 15) is 14.9 Å². The first-order valence-electron chi connectivity index (χ1n) is 5.56. The van der Waals surface area contributed by atoms with Crippen molar-refractivity contribution in [2.75, 3.05) is 20.1 Å². The van der Waals surface area contributed by atoms with Crippen LogP contribution in [0, 0.1) is 15.5 Å². The molecule has 0 saturated heterocycles. The minimum Gasteiger partial charge on any atom is -0.358 e. The molecule has 1 heterocycles. The van der Waals surface area contributed by atoms with Crippen molar-refractivity contribution in [3.8, 4) is 0 Å². The summed E-state index contributed by atoms with van der Waals surface area (Å²) in [5.74, 6) is -0.477. The molecule has 3 N–H and O–H groups in total. The van der Waals surface area contributed by atoms with Crippen molar-refractivity contribution in [2.24, 2.45) is 11.1 Å². The molecule has 0 aromatic carbocycles. The highest BCUT2D eigenvalue weighted by Crippen LogP contribution is 2.16. The lowest BCUT2D eigenvalue weighted by Crippen LogP contribution is -2.39. The van der Waals surface area contributed by atoms with Gasteiger partial charge >= 0.3 is 5.82 Å². The molecule has 18 heavy (non-hydrogen) atoms. The summed E-state index contributed by atoms with van der Waals surface area (Å²) in [4.78, 5) is 25.9. The number of aromatic amines is 1. The van der Waals surface area contributed by atoms with Gasteiger partial charge in [-0.2, -0.15) is 0 Å². The number of nitrogens with one attached hydrogen (secondary N) is 1. The van der Waals surface area contributed by atoms with Gasteiger partial charge in [0, 0.05) is 19.7 Å². The van der Waals surface area contributed by atoms with Gasteiger partial charge in [0.25, 0.3) is 5.91 Å². The predicted octanol–water partition coefficient (Wildman–Crippen LogP) is 0.980. The number of hydrogen-bond donors (Lipinski definition) is 2. The summed E-state index contributed by atoms with van der Waals surface area (Å²) < 4.78 is 0. The Labute approximate surface area is 105 Å². The summed E-state index contributed by atoms with van der Waals surface area (Å²) in [5.41, 5.74) is 5.62. The van der Waals surface area contributed by atoms with Gasteiger partial charge in [-0.05, 0) is 22.9 Å². The van der Waals surface area contributed by atoms with E-state index in [4.69, 9.17) is 5.73 Å².